The number of carbonyl (C=O) groups is 3. The number of aryl methyl sites for hydroxylation is 3. The average Bonchev–Trinajstić information content (AvgIpc) is 3.65. The van der Waals surface area contributed by atoms with Gasteiger partial charge in [-0.3, -0.25) is 14.5 Å². The summed E-state index contributed by atoms with van der Waals surface area (Å²) >= 11 is 0.939. The Morgan fingerprint density at radius 3 is 2.66 bits per heavy atom. The number of Topliss-reactive ketones (excluding diaryl/α,β-unsaturated/α-hetero) is 1. The number of hydrogen-bond acceptors (Lipinski definition) is 9. The van der Waals surface area contributed by atoms with E-state index in [0.717, 1.165) is 36.2 Å². The molecule has 0 bridgehead atoms. The summed E-state index contributed by atoms with van der Waals surface area (Å²) in [6.45, 7) is 11.5. The Bertz CT molecular complexity index is 1800. The fraction of sp³-hybridized carbons (Fsp3) is 0.303. The van der Waals surface area contributed by atoms with Crippen LogP contribution in [0.2, 0.25) is 0 Å². The van der Waals surface area contributed by atoms with E-state index in [-0.39, 0.29) is 27.9 Å². The number of hydrogen-bond donors (Lipinski definition) is 1. The molecule has 1 amide bonds. The molecule has 10 nitrogen and oxygen atoms in total. The molecule has 1 aliphatic rings. The van der Waals surface area contributed by atoms with E-state index in [1.165, 1.54) is 11.0 Å². The number of rotatable bonds is 11. The number of unbranched alkanes of at least 4 members (excludes halogenated alkanes) is 2. The average molecular weight is 615 g/mol. The minimum atomic E-state index is -1.07. The number of nitrogens with zero attached hydrogens (tertiary/aromatic N) is 4. The lowest BCUT2D eigenvalue weighted by Gasteiger charge is -2.23. The monoisotopic (exact) mass is 614 g/mol. The molecule has 228 valence electrons. The van der Waals surface area contributed by atoms with E-state index in [4.69, 9.17) is 9.47 Å². The van der Waals surface area contributed by atoms with Gasteiger partial charge >= 0.3 is 11.9 Å². The van der Waals surface area contributed by atoms with Crippen LogP contribution in [0.3, 0.4) is 0 Å². The molecule has 0 saturated carbocycles. The van der Waals surface area contributed by atoms with E-state index in [1.807, 2.05) is 29.7 Å². The van der Waals surface area contributed by atoms with E-state index in [0.29, 0.717) is 35.0 Å². The molecule has 5 rings (SSSR count). The largest absolute Gasteiger partial charge is 0.505 e. The van der Waals surface area contributed by atoms with Gasteiger partial charge in [-0.2, -0.15) is 0 Å². The van der Waals surface area contributed by atoms with Gasteiger partial charge in [0, 0.05) is 6.20 Å². The predicted octanol–water partition coefficient (Wildman–Crippen LogP) is 6.25. The maximum absolute atomic E-state index is 13.8. The number of imidazole rings is 1. The highest BCUT2D eigenvalue weighted by Crippen LogP contribution is 2.44. The Balaban J connectivity index is 1.67. The minimum Gasteiger partial charge on any atom is -0.505 e. The van der Waals surface area contributed by atoms with Crippen molar-refractivity contribution in [1.29, 1.82) is 0 Å². The summed E-state index contributed by atoms with van der Waals surface area (Å²) in [7, 11) is 0. The van der Waals surface area contributed by atoms with Crippen LogP contribution in [0.25, 0.3) is 11.4 Å². The van der Waals surface area contributed by atoms with Crippen LogP contribution in [0.15, 0.2) is 60.8 Å². The number of esters is 1. The normalized spacial score (nSPS) is 16.1. The van der Waals surface area contributed by atoms with Crippen LogP contribution in [0, 0.1) is 20.8 Å². The third kappa shape index (κ3) is 5.62. The smallest absolute Gasteiger partial charge is 0.350 e. The summed E-state index contributed by atoms with van der Waals surface area (Å²) in [6.07, 6.45) is 6.24. The van der Waals surface area contributed by atoms with E-state index in [9.17, 15) is 19.5 Å². The molecule has 1 unspecified atom stereocenters. The molecule has 0 spiro atoms. The number of fused-ring (bicyclic) bond motifs is 1. The van der Waals surface area contributed by atoms with E-state index >= 15 is 0 Å². The Labute approximate surface area is 259 Å². The fourth-order valence-electron chi connectivity index (χ4n) is 5.21. The molecule has 1 atom stereocenters. The molecule has 1 saturated heterocycles. The van der Waals surface area contributed by atoms with Crippen molar-refractivity contribution in [3.8, 4) is 5.75 Å². The molecule has 1 fully saturated rings. The van der Waals surface area contributed by atoms with E-state index in [2.05, 4.69) is 23.5 Å². The first-order valence-corrected chi connectivity index (χ1v) is 15.2. The van der Waals surface area contributed by atoms with Gasteiger partial charge in [0.15, 0.2) is 10.9 Å². The Morgan fingerprint density at radius 1 is 1.14 bits per heavy atom. The molecule has 0 radical (unpaired) electrons. The molecule has 3 aromatic heterocycles. The van der Waals surface area contributed by atoms with Crippen LogP contribution in [0.4, 0.5) is 5.13 Å². The van der Waals surface area contributed by atoms with Crippen molar-refractivity contribution in [3.05, 3.63) is 93.9 Å². The number of aromatic nitrogens is 3. The third-order valence-electron chi connectivity index (χ3n) is 7.45. The first-order chi connectivity index (χ1) is 21.2. The van der Waals surface area contributed by atoms with Crippen molar-refractivity contribution >= 4 is 45.5 Å². The first kappa shape index (κ1) is 30.7. The second-order valence-electron chi connectivity index (χ2n) is 10.5. The Kier molecular flexibility index (Phi) is 8.96. The van der Waals surface area contributed by atoms with Crippen molar-refractivity contribution in [3.63, 3.8) is 0 Å². The van der Waals surface area contributed by atoms with Gasteiger partial charge in [-0.25, -0.2) is 14.8 Å². The van der Waals surface area contributed by atoms with E-state index in [1.54, 1.807) is 38.1 Å². The molecule has 11 heteroatoms. The quantitative estimate of drug-likeness (QED) is 0.0525. The van der Waals surface area contributed by atoms with Crippen molar-refractivity contribution in [1.82, 2.24) is 14.4 Å². The number of ketones is 1. The summed E-state index contributed by atoms with van der Waals surface area (Å²) < 4.78 is 13.0. The van der Waals surface area contributed by atoms with Crippen LogP contribution in [-0.2, 0) is 14.3 Å². The lowest BCUT2D eigenvalue weighted by molar-refractivity contribution is -0.132. The molecule has 1 aliphatic heterocycles. The fourth-order valence-corrected chi connectivity index (χ4v) is 6.20. The number of aliphatic hydroxyl groups is 1. The summed E-state index contributed by atoms with van der Waals surface area (Å²) in [5, 5.41) is 11.9. The van der Waals surface area contributed by atoms with Gasteiger partial charge < -0.3 is 19.0 Å². The van der Waals surface area contributed by atoms with Crippen molar-refractivity contribution in [2.45, 2.75) is 53.0 Å². The van der Waals surface area contributed by atoms with Gasteiger partial charge in [-0.15, -0.1) is 0 Å². The van der Waals surface area contributed by atoms with Crippen LogP contribution < -0.4 is 9.64 Å². The Morgan fingerprint density at radius 2 is 1.93 bits per heavy atom. The number of thiazole rings is 1. The number of carbonyl (C=O) groups excluding carboxylic acids is 3. The number of benzene rings is 1. The standard InChI is InChI=1S/C33H34N4O6S/c1-6-8-9-17-42-23-14-10-13-22(18-23)26-24(27(38)25-21(5)36-15-11-12-19(3)30(36)35-25)28(39)31(40)37(26)33-34-20(4)29(44-33)32(41)43-16-7-2/h7,10-15,18,26,38H,2,6,8-9,16-17H2,1,3-5H3. The lowest BCUT2D eigenvalue weighted by atomic mass is 9.96. The molecule has 1 aromatic carbocycles. The number of amides is 1. The molecule has 4 aromatic rings. The second-order valence-corrected chi connectivity index (χ2v) is 11.5. The van der Waals surface area contributed by atoms with Crippen LogP contribution in [0.1, 0.15) is 70.1 Å². The van der Waals surface area contributed by atoms with Gasteiger partial charge in [-0.05, 0) is 56.5 Å². The topological polar surface area (TPSA) is 123 Å². The maximum Gasteiger partial charge on any atom is 0.350 e. The van der Waals surface area contributed by atoms with Crippen LogP contribution in [-0.4, -0.2) is 50.3 Å². The van der Waals surface area contributed by atoms with E-state index < -0.39 is 29.5 Å². The zero-order valence-electron chi connectivity index (χ0n) is 25.1. The first-order valence-electron chi connectivity index (χ1n) is 14.4. The van der Waals surface area contributed by atoms with Crippen molar-refractivity contribution < 1.29 is 29.0 Å². The summed E-state index contributed by atoms with van der Waals surface area (Å²) in [6, 6.07) is 9.79. The van der Waals surface area contributed by atoms with Crippen LogP contribution >= 0.6 is 11.3 Å². The molecule has 1 N–H and O–H groups in total. The second kappa shape index (κ2) is 12.8. The predicted molar refractivity (Wildman–Crippen MR) is 168 cm³/mol. The molecular weight excluding hydrogens is 580 g/mol. The number of ether oxygens (including phenoxy) is 2. The molecular formula is C33H34N4O6S. The lowest BCUT2D eigenvalue weighted by Crippen LogP contribution is -2.29. The third-order valence-corrected chi connectivity index (χ3v) is 8.59. The highest BCUT2D eigenvalue weighted by atomic mass is 32.1. The van der Waals surface area contributed by atoms with Gasteiger partial charge in [0.05, 0.1) is 29.6 Å². The SMILES string of the molecule is C=CCOC(=O)c1sc(N2C(=O)C(=O)C(=C(O)c3nc4c(C)cccn4c3C)C2c2cccc(OCCCCC)c2)nc1C. The van der Waals surface area contributed by atoms with Gasteiger partial charge in [-0.1, -0.05) is 62.0 Å². The molecule has 44 heavy (non-hydrogen) atoms. The zero-order valence-corrected chi connectivity index (χ0v) is 25.9. The Hall–Kier alpha value is -4.77. The van der Waals surface area contributed by atoms with Crippen molar-refractivity contribution in [2.75, 3.05) is 18.1 Å². The molecule has 4 heterocycles. The maximum atomic E-state index is 13.8. The number of anilines is 1. The highest BCUT2D eigenvalue weighted by Gasteiger charge is 2.49. The summed E-state index contributed by atoms with van der Waals surface area (Å²) in [5.74, 6) is -2.23. The van der Waals surface area contributed by atoms with Gasteiger partial charge in [0.2, 0.25) is 0 Å². The van der Waals surface area contributed by atoms with Crippen molar-refractivity contribution in [2.24, 2.45) is 0 Å². The minimum absolute atomic E-state index is 0.0128. The molecule has 0 aliphatic carbocycles. The van der Waals surface area contributed by atoms with Gasteiger partial charge in [0.25, 0.3) is 5.78 Å². The number of aliphatic hydroxyl groups excluding tert-OH is 1. The number of pyridine rings is 1. The zero-order chi connectivity index (χ0) is 31.5. The summed E-state index contributed by atoms with van der Waals surface area (Å²) in [4.78, 5) is 50.8. The highest BCUT2D eigenvalue weighted by molar-refractivity contribution is 7.17. The van der Waals surface area contributed by atoms with Gasteiger partial charge in [0.1, 0.15) is 28.6 Å². The van der Waals surface area contributed by atoms with Crippen LogP contribution in [0.5, 0.6) is 5.75 Å². The summed E-state index contributed by atoms with van der Waals surface area (Å²) in [5.41, 5.74) is 3.05.